The number of methoxy groups -OCH3 is 2. The second-order valence-corrected chi connectivity index (χ2v) is 7.12. The summed E-state index contributed by atoms with van der Waals surface area (Å²) in [5, 5.41) is 0.546. The highest BCUT2D eigenvalue weighted by molar-refractivity contribution is 6.31. The first-order chi connectivity index (χ1) is 13.5. The van der Waals surface area contributed by atoms with Gasteiger partial charge in [-0.2, -0.15) is 0 Å². The summed E-state index contributed by atoms with van der Waals surface area (Å²) in [6.07, 6.45) is 0. The molecule has 1 saturated heterocycles. The van der Waals surface area contributed by atoms with Crippen molar-refractivity contribution in [3.05, 3.63) is 64.4 Å². The second-order valence-electron chi connectivity index (χ2n) is 6.72. The fourth-order valence-corrected chi connectivity index (χ4v) is 3.81. The van der Waals surface area contributed by atoms with Crippen molar-refractivity contribution in [2.45, 2.75) is 12.6 Å². The number of hydrogen-bond acceptors (Lipinski definition) is 5. The Balaban J connectivity index is 1.70. The third-order valence-electron chi connectivity index (χ3n) is 5.03. The maximum Gasteiger partial charge on any atom is 0.327 e. The first kappa shape index (κ1) is 20.6. The van der Waals surface area contributed by atoms with E-state index in [0.717, 1.165) is 24.2 Å². The number of rotatable bonds is 6. The zero-order valence-electron chi connectivity index (χ0n) is 16.0. The van der Waals surface area contributed by atoms with Gasteiger partial charge in [-0.15, -0.1) is 0 Å². The molecule has 1 unspecified atom stereocenters. The number of piperazine rings is 1. The predicted octanol–water partition coefficient (Wildman–Crippen LogP) is 3.52. The van der Waals surface area contributed by atoms with Gasteiger partial charge in [0.05, 0.1) is 14.2 Å². The Morgan fingerprint density at radius 1 is 1.14 bits per heavy atom. The Labute approximate surface area is 169 Å². The van der Waals surface area contributed by atoms with E-state index in [-0.39, 0.29) is 11.8 Å². The molecule has 1 aliphatic heterocycles. The third kappa shape index (κ3) is 4.63. The summed E-state index contributed by atoms with van der Waals surface area (Å²) < 4.78 is 24.0. The maximum atomic E-state index is 13.6. The lowest BCUT2D eigenvalue weighted by Gasteiger charge is -2.38. The maximum absolute atomic E-state index is 13.6. The molecule has 2 aromatic carbocycles. The smallest absolute Gasteiger partial charge is 0.327 e. The quantitative estimate of drug-likeness (QED) is 0.686. The van der Waals surface area contributed by atoms with Gasteiger partial charge in [-0.1, -0.05) is 29.8 Å². The van der Waals surface area contributed by atoms with Crippen molar-refractivity contribution in [2.24, 2.45) is 0 Å². The van der Waals surface area contributed by atoms with Crippen molar-refractivity contribution in [2.75, 3.05) is 40.4 Å². The van der Waals surface area contributed by atoms with Crippen LogP contribution in [0.25, 0.3) is 0 Å². The molecule has 3 rings (SSSR count). The normalized spacial score (nSPS) is 16.6. The lowest BCUT2D eigenvalue weighted by Crippen LogP contribution is -2.49. The zero-order chi connectivity index (χ0) is 20.1. The molecule has 0 aromatic heterocycles. The van der Waals surface area contributed by atoms with Crippen molar-refractivity contribution >= 4 is 17.6 Å². The number of carbonyl (C=O) groups is 1. The van der Waals surface area contributed by atoms with E-state index in [1.54, 1.807) is 19.2 Å². The van der Waals surface area contributed by atoms with Crippen LogP contribution in [0.2, 0.25) is 5.02 Å². The van der Waals surface area contributed by atoms with E-state index >= 15 is 0 Å². The molecule has 1 aliphatic rings. The number of benzene rings is 2. The summed E-state index contributed by atoms with van der Waals surface area (Å²) in [6, 6.07) is 11.3. The van der Waals surface area contributed by atoms with Gasteiger partial charge in [-0.3, -0.25) is 9.80 Å². The largest absolute Gasteiger partial charge is 0.496 e. The van der Waals surface area contributed by atoms with Crippen molar-refractivity contribution in [1.82, 2.24) is 9.80 Å². The van der Waals surface area contributed by atoms with Gasteiger partial charge in [-0.05, 0) is 29.8 Å². The van der Waals surface area contributed by atoms with Gasteiger partial charge in [0.2, 0.25) is 0 Å². The van der Waals surface area contributed by atoms with Crippen LogP contribution in [0.4, 0.5) is 4.39 Å². The Hall–Kier alpha value is -2.15. The van der Waals surface area contributed by atoms with Crippen LogP contribution >= 0.6 is 11.6 Å². The van der Waals surface area contributed by atoms with E-state index in [1.165, 1.54) is 19.2 Å². The topological polar surface area (TPSA) is 42.0 Å². The fraction of sp³-hybridized carbons (Fsp3) is 0.381. The minimum atomic E-state index is -0.537. The lowest BCUT2D eigenvalue weighted by atomic mass is 10.0. The Morgan fingerprint density at radius 2 is 1.86 bits per heavy atom. The minimum Gasteiger partial charge on any atom is -0.496 e. The third-order valence-corrected chi connectivity index (χ3v) is 5.38. The van der Waals surface area contributed by atoms with E-state index in [9.17, 15) is 9.18 Å². The number of halogens is 2. The molecule has 0 bridgehead atoms. The average molecular weight is 407 g/mol. The van der Waals surface area contributed by atoms with E-state index in [4.69, 9.17) is 21.1 Å². The Morgan fingerprint density at radius 3 is 2.50 bits per heavy atom. The molecule has 7 heteroatoms. The van der Waals surface area contributed by atoms with Crippen molar-refractivity contribution in [1.29, 1.82) is 0 Å². The number of hydrogen-bond donors (Lipinski definition) is 0. The molecular weight excluding hydrogens is 383 g/mol. The van der Waals surface area contributed by atoms with Crippen LogP contribution in [0.5, 0.6) is 5.75 Å². The average Bonchev–Trinajstić information content (AvgIpc) is 2.71. The lowest BCUT2D eigenvalue weighted by molar-refractivity contribution is -0.148. The number of carbonyl (C=O) groups excluding carboxylic acids is 1. The molecule has 0 aliphatic carbocycles. The molecule has 0 amide bonds. The predicted molar refractivity (Wildman–Crippen MR) is 106 cm³/mol. The van der Waals surface area contributed by atoms with Crippen molar-refractivity contribution in [3.8, 4) is 5.75 Å². The van der Waals surface area contributed by atoms with Crippen LogP contribution in [-0.2, 0) is 16.1 Å². The molecule has 0 N–H and O–H groups in total. The molecule has 1 atom stereocenters. The summed E-state index contributed by atoms with van der Waals surface area (Å²) in [5.74, 6) is 0.0691. The summed E-state index contributed by atoms with van der Waals surface area (Å²) >= 11 is 6.33. The van der Waals surface area contributed by atoms with Gasteiger partial charge in [0, 0.05) is 43.3 Å². The first-order valence-corrected chi connectivity index (χ1v) is 9.52. The van der Waals surface area contributed by atoms with Crippen LogP contribution < -0.4 is 4.74 Å². The van der Waals surface area contributed by atoms with E-state index in [0.29, 0.717) is 30.4 Å². The summed E-state index contributed by atoms with van der Waals surface area (Å²) in [4.78, 5) is 16.8. The van der Waals surface area contributed by atoms with E-state index in [2.05, 4.69) is 9.80 Å². The molecule has 0 spiro atoms. The van der Waals surface area contributed by atoms with Crippen LogP contribution in [0, 0.1) is 5.82 Å². The highest BCUT2D eigenvalue weighted by Gasteiger charge is 2.32. The fourth-order valence-electron chi connectivity index (χ4n) is 3.57. The molecule has 5 nitrogen and oxygen atoms in total. The Kier molecular flexibility index (Phi) is 6.88. The molecule has 0 saturated carbocycles. The Bertz CT molecular complexity index is 825. The number of esters is 1. The van der Waals surface area contributed by atoms with Gasteiger partial charge >= 0.3 is 5.97 Å². The molecule has 0 radical (unpaired) electrons. The van der Waals surface area contributed by atoms with Gasteiger partial charge in [0.15, 0.2) is 0 Å². The standard InChI is InChI=1S/C21H24ClFN2O3/c1-27-19-8-7-16(23)13-15(19)14-24-9-11-25(12-10-24)20(21(26)28-2)17-5-3-4-6-18(17)22/h3-8,13,20H,9-12,14H2,1-2H3. The van der Waals surface area contributed by atoms with E-state index < -0.39 is 6.04 Å². The van der Waals surface area contributed by atoms with Gasteiger partial charge in [-0.25, -0.2) is 9.18 Å². The van der Waals surface area contributed by atoms with Crippen LogP contribution in [-0.4, -0.2) is 56.2 Å². The highest BCUT2D eigenvalue weighted by Crippen LogP contribution is 2.30. The summed E-state index contributed by atoms with van der Waals surface area (Å²) in [5.41, 5.74) is 1.56. The first-order valence-electron chi connectivity index (χ1n) is 9.14. The molecule has 1 heterocycles. The van der Waals surface area contributed by atoms with Crippen LogP contribution in [0.15, 0.2) is 42.5 Å². The molecular formula is C21H24ClFN2O3. The van der Waals surface area contributed by atoms with Crippen LogP contribution in [0.3, 0.4) is 0 Å². The van der Waals surface area contributed by atoms with Crippen molar-refractivity contribution in [3.63, 3.8) is 0 Å². The molecule has 28 heavy (non-hydrogen) atoms. The van der Waals surface area contributed by atoms with Gasteiger partial charge in [0.1, 0.15) is 17.6 Å². The second kappa shape index (κ2) is 9.37. The molecule has 150 valence electrons. The van der Waals surface area contributed by atoms with Gasteiger partial charge in [0.25, 0.3) is 0 Å². The minimum absolute atomic E-state index is 0.279. The molecule has 1 fully saturated rings. The summed E-state index contributed by atoms with van der Waals surface area (Å²) in [7, 11) is 2.97. The van der Waals surface area contributed by atoms with E-state index in [1.807, 2.05) is 18.2 Å². The SMILES string of the molecule is COC(=O)C(c1ccccc1Cl)N1CCN(Cc2cc(F)ccc2OC)CC1. The van der Waals surface area contributed by atoms with Crippen LogP contribution in [0.1, 0.15) is 17.2 Å². The zero-order valence-corrected chi connectivity index (χ0v) is 16.8. The number of nitrogens with zero attached hydrogens (tertiary/aromatic N) is 2. The monoisotopic (exact) mass is 406 g/mol. The summed E-state index contributed by atoms with van der Waals surface area (Å²) in [6.45, 7) is 3.39. The molecule has 2 aromatic rings. The van der Waals surface area contributed by atoms with Crippen molar-refractivity contribution < 1.29 is 18.7 Å². The number of ether oxygens (including phenoxy) is 2. The van der Waals surface area contributed by atoms with Gasteiger partial charge < -0.3 is 9.47 Å². The highest BCUT2D eigenvalue weighted by atomic mass is 35.5.